The van der Waals surface area contributed by atoms with E-state index in [1.165, 1.54) is 6.20 Å². The molecular weight excluding hydrogens is 302 g/mol. The molecule has 1 amide bonds. The zero-order valence-corrected chi connectivity index (χ0v) is 12.8. The third kappa shape index (κ3) is 3.19. The molecule has 1 aliphatic rings. The first-order valence-corrected chi connectivity index (χ1v) is 8.94. The van der Waals surface area contributed by atoms with Gasteiger partial charge in [0.25, 0.3) is 5.91 Å². The molecule has 7 heteroatoms. The summed E-state index contributed by atoms with van der Waals surface area (Å²) in [6, 6.07) is 9.46. The van der Waals surface area contributed by atoms with Crippen molar-refractivity contribution >= 4 is 15.7 Å². The van der Waals surface area contributed by atoms with Crippen molar-refractivity contribution in [2.45, 2.75) is 6.42 Å². The minimum absolute atomic E-state index is 0.00190. The molecule has 0 saturated carbocycles. The summed E-state index contributed by atoms with van der Waals surface area (Å²) in [5, 5.41) is 2.81. The van der Waals surface area contributed by atoms with Gasteiger partial charge in [-0.15, -0.1) is 0 Å². The fourth-order valence-corrected chi connectivity index (χ4v) is 4.48. The Morgan fingerprint density at radius 1 is 1.32 bits per heavy atom. The second-order valence-electron chi connectivity index (χ2n) is 5.46. The van der Waals surface area contributed by atoms with Crippen molar-refractivity contribution in [1.82, 2.24) is 14.9 Å². The fraction of sp³-hybridized carbons (Fsp3) is 0.333. The second-order valence-corrected chi connectivity index (χ2v) is 7.69. The van der Waals surface area contributed by atoms with E-state index in [0.29, 0.717) is 18.7 Å². The van der Waals surface area contributed by atoms with E-state index in [-0.39, 0.29) is 23.3 Å². The Balaban J connectivity index is 1.68. The van der Waals surface area contributed by atoms with Gasteiger partial charge in [-0.25, -0.2) is 13.4 Å². The van der Waals surface area contributed by atoms with Crippen LogP contribution in [-0.4, -0.2) is 41.9 Å². The number of aromatic nitrogens is 2. The Morgan fingerprint density at radius 2 is 2.09 bits per heavy atom. The maximum absolute atomic E-state index is 12.3. The zero-order chi connectivity index (χ0) is 15.6. The standard InChI is InChI=1S/C15H17N3O3S/c19-15(17-8-12-6-7-22(20,21)10-12)14-9-16-11-18(14)13-4-2-1-3-5-13/h1-5,9,11-12H,6-8,10H2,(H,17,19)/t12-/m1/s1. The maximum atomic E-state index is 12.3. The summed E-state index contributed by atoms with van der Waals surface area (Å²) < 4.78 is 24.6. The first kappa shape index (κ1) is 14.8. The highest BCUT2D eigenvalue weighted by atomic mass is 32.2. The molecule has 0 radical (unpaired) electrons. The number of carbonyl (C=O) groups excluding carboxylic acids is 1. The number of hydrogen-bond donors (Lipinski definition) is 1. The highest BCUT2D eigenvalue weighted by Gasteiger charge is 2.28. The fourth-order valence-electron chi connectivity index (χ4n) is 2.62. The Hall–Kier alpha value is -2.15. The highest BCUT2D eigenvalue weighted by molar-refractivity contribution is 7.91. The van der Waals surface area contributed by atoms with Crippen molar-refractivity contribution in [2.75, 3.05) is 18.1 Å². The van der Waals surface area contributed by atoms with Gasteiger partial charge in [-0.3, -0.25) is 9.36 Å². The largest absolute Gasteiger partial charge is 0.350 e. The lowest BCUT2D eigenvalue weighted by Gasteiger charge is -2.11. The molecule has 1 aromatic heterocycles. The van der Waals surface area contributed by atoms with E-state index in [9.17, 15) is 13.2 Å². The normalized spacial score (nSPS) is 19.9. The molecule has 1 N–H and O–H groups in total. The lowest BCUT2D eigenvalue weighted by atomic mass is 10.1. The molecule has 3 rings (SSSR count). The third-order valence-corrected chi connectivity index (χ3v) is 5.62. The average Bonchev–Trinajstić information content (AvgIpc) is 3.12. The van der Waals surface area contributed by atoms with Crippen molar-refractivity contribution < 1.29 is 13.2 Å². The van der Waals surface area contributed by atoms with E-state index >= 15 is 0 Å². The molecule has 0 aliphatic carbocycles. The Kier molecular flexibility index (Phi) is 3.98. The van der Waals surface area contributed by atoms with Crippen molar-refractivity contribution in [2.24, 2.45) is 5.92 Å². The summed E-state index contributed by atoms with van der Waals surface area (Å²) in [5.41, 5.74) is 1.29. The molecule has 1 fully saturated rings. The van der Waals surface area contributed by atoms with Crippen LogP contribution in [0.25, 0.3) is 5.69 Å². The van der Waals surface area contributed by atoms with Gasteiger partial charge >= 0.3 is 0 Å². The Morgan fingerprint density at radius 3 is 2.77 bits per heavy atom. The van der Waals surface area contributed by atoms with E-state index in [2.05, 4.69) is 10.3 Å². The number of benzene rings is 1. The lowest BCUT2D eigenvalue weighted by Crippen LogP contribution is -2.31. The molecule has 0 unspecified atom stereocenters. The third-order valence-electron chi connectivity index (χ3n) is 3.78. The number of rotatable bonds is 4. The van der Waals surface area contributed by atoms with Crippen molar-refractivity contribution in [3.63, 3.8) is 0 Å². The number of nitrogens with one attached hydrogen (secondary N) is 1. The second kappa shape index (κ2) is 5.92. The smallest absolute Gasteiger partial charge is 0.269 e. The first-order valence-electron chi connectivity index (χ1n) is 7.11. The van der Waals surface area contributed by atoms with Crippen LogP contribution >= 0.6 is 0 Å². The Labute approximate surface area is 129 Å². The maximum Gasteiger partial charge on any atom is 0.269 e. The predicted octanol–water partition coefficient (Wildman–Crippen LogP) is 1.04. The van der Waals surface area contributed by atoms with Gasteiger partial charge in [0.15, 0.2) is 9.84 Å². The zero-order valence-electron chi connectivity index (χ0n) is 12.0. The first-order chi connectivity index (χ1) is 10.6. The number of imidazole rings is 1. The quantitative estimate of drug-likeness (QED) is 0.913. The summed E-state index contributed by atoms with van der Waals surface area (Å²) >= 11 is 0. The molecule has 2 aromatic rings. The number of amides is 1. The minimum Gasteiger partial charge on any atom is -0.350 e. The molecule has 2 heterocycles. The molecule has 0 spiro atoms. The van der Waals surface area contributed by atoms with Gasteiger partial charge in [0.05, 0.1) is 24.0 Å². The van der Waals surface area contributed by atoms with Crippen LogP contribution in [0.5, 0.6) is 0 Å². The number of para-hydroxylation sites is 1. The van der Waals surface area contributed by atoms with Crippen molar-refractivity contribution in [3.8, 4) is 5.69 Å². The van der Waals surface area contributed by atoms with Gasteiger partial charge < -0.3 is 5.32 Å². The topological polar surface area (TPSA) is 81.1 Å². The van der Waals surface area contributed by atoms with Gasteiger partial charge in [-0.05, 0) is 24.5 Å². The van der Waals surface area contributed by atoms with Crippen LogP contribution in [0.2, 0.25) is 0 Å². The van der Waals surface area contributed by atoms with E-state index in [0.717, 1.165) is 5.69 Å². The summed E-state index contributed by atoms with van der Waals surface area (Å²) in [6.07, 6.45) is 3.71. The summed E-state index contributed by atoms with van der Waals surface area (Å²) in [4.78, 5) is 16.3. The monoisotopic (exact) mass is 319 g/mol. The molecule has 1 aromatic carbocycles. The molecule has 1 saturated heterocycles. The number of sulfone groups is 1. The summed E-state index contributed by atoms with van der Waals surface area (Å²) in [5.74, 6) is 0.133. The van der Waals surface area contributed by atoms with E-state index < -0.39 is 9.84 Å². The van der Waals surface area contributed by atoms with Crippen LogP contribution in [0.4, 0.5) is 0 Å². The van der Waals surface area contributed by atoms with E-state index in [1.54, 1.807) is 10.9 Å². The van der Waals surface area contributed by atoms with Gasteiger partial charge in [-0.1, -0.05) is 18.2 Å². The molecule has 0 bridgehead atoms. The highest BCUT2D eigenvalue weighted by Crippen LogP contribution is 2.17. The summed E-state index contributed by atoms with van der Waals surface area (Å²) in [6.45, 7) is 0.373. The SMILES string of the molecule is O=C(NC[C@H]1CCS(=O)(=O)C1)c1cncn1-c1ccccc1. The molecular formula is C15H17N3O3S. The van der Waals surface area contributed by atoms with Crippen LogP contribution in [0.3, 0.4) is 0 Å². The molecule has 1 atom stereocenters. The van der Waals surface area contributed by atoms with Crippen LogP contribution in [0, 0.1) is 5.92 Å². The van der Waals surface area contributed by atoms with Gasteiger partial charge in [0.2, 0.25) is 0 Å². The van der Waals surface area contributed by atoms with E-state index in [4.69, 9.17) is 0 Å². The Bertz CT molecular complexity index is 768. The lowest BCUT2D eigenvalue weighted by molar-refractivity contribution is 0.0941. The molecule has 1 aliphatic heterocycles. The van der Waals surface area contributed by atoms with Gasteiger partial charge in [0, 0.05) is 12.2 Å². The molecule has 6 nitrogen and oxygen atoms in total. The van der Waals surface area contributed by atoms with Gasteiger partial charge in [0.1, 0.15) is 5.69 Å². The predicted molar refractivity (Wildman–Crippen MR) is 82.7 cm³/mol. The van der Waals surface area contributed by atoms with E-state index in [1.807, 2.05) is 30.3 Å². The van der Waals surface area contributed by atoms with Crippen LogP contribution in [0.1, 0.15) is 16.9 Å². The van der Waals surface area contributed by atoms with Crippen LogP contribution in [-0.2, 0) is 9.84 Å². The number of hydrogen-bond acceptors (Lipinski definition) is 4. The van der Waals surface area contributed by atoms with Crippen LogP contribution < -0.4 is 5.32 Å². The van der Waals surface area contributed by atoms with Crippen molar-refractivity contribution in [3.05, 3.63) is 48.5 Å². The number of carbonyl (C=O) groups is 1. The molecule has 22 heavy (non-hydrogen) atoms. The average molecular weight is 319 g/mol. The van der Waals surface area contributed by atoms with Crippen molar-refractivity contribution in [1.29, 1.82) is 0 Å². The summed E-state index contributed by atoms with van der Waals surface area (Å²) in [7, 11) is -2.92. The van der Waals surface area contributed by atoms with Gasteiger partial charge in [-0.2, -0.15) is 0 Å². The molecule has 116 valence electrons. The number of nitrogens with zero attached hydrogens (tertiary/aromatic N) is 2. The van der Waals surface area contributed by atoms with Crippen LogP contribution in [0.15, 0.2) is 42.9 Å². The minimum atomic E-state index is -2.92.